The van der Waals surface area contributed by atoms with Gasteiger partial charge in [-0.25, -0.2) is 4.98 Å². The maximum absolute atomic E-state index is 10.8. The Morgan fingerprint density at radius 2 is 2.03 bits per heavy atom. The molecule has 0 unspecified atom stereocenters. The van der Waals surface area contributed by atoms with Gasteiger partial charge >= 0.3 is 5.97 Å². The number of carboxylic acids is 1. The monoisotopic (exact) mass is 391 g/mol. The fourth-order valence-corrected chi connectivity index (χ4v) is 3.16. The van der Waals surface area contributed by atoms with E-state index in [0.29, 0.717) is 25.5 Å². The van der Waals surface area contributed by atoms with Crippen LogP contribution in [0.25, 0.3) is 22.4 Å². The molecule has 0 aliphatic carbocycles. The van der Waals surface area contributed by atoms with Gasteiger partial charge in [0.2, 0.25) is 5.89 Å². The molecule has 0 aliphatic heterocycles. The van der Waals surface area contributed by atoms with Crippen LogP contribution in [0.15, 0.2) is 59.1 Å². The Morgan fingerprint density at radius 1 is 1.21 bits per heavy atom. The van der Waals surface area contributed by atoms with E-state index in [2.05, 4.69) is 10.1 Å². The number of nitrogens with zero attached hydrogens (tertiary/aromatic N) is 3. The normalized spacial score (nSPS) is 11.1. The maximum atomic E-state index is 10.8. The average Bonchev–Trinajstić information content (AvgIpc) is 3.30. The minimum atomic E-state index is -0.841. The third kappa shape index (κ3) is 4.29. The summed E-state index contributed by atoms with van der Waals surface area (Å²) in [5.74, 6) is 1.31. The highest BCUT2D eigenvalue weighted by atomic mass is 16.5. The van der Waals surface area contributed by atoms with Gasteiger partial charge in [0.1, 0.15) is 11.5 Å². The van der Waals surface area contributed by atoms with Crippen molar-refractivity contribution >= 4 is 16.9 Å². The number of ether oxygens (including phenoxy) is 1. The Bertz CT molecular complexity index is 1130. The number of hydrogen-bond donors (Lipinski definition) is 1. The van der Waals surface area contributed by atoms with Gasteiger partial charge in [0, 0.05) is 17.4 Å². The molecule has 2 aromatic heterocycles. The van der Waals surface area contributed by atoms with Crippen LogP contribution in [-0.2, 0) is 17.8 Å². The van der Waals surface area contributed by atoms with Gasteiger partial charge in [0.15, 0.2) is 0 Å². The van der Waals surface area contributed by atoms with Crippen molar-refractivity contribution in [1.29, 1.82) is 0 Å². The van der Waals surface area contributed by atoms with E-state index in [-0.39, 0.29) is 6.42 Å². The van der Waals surface area contributed by atoms with E-state index in [1.54, 1.807) is 10.9 Å². The zero-order valence-electron chi connectivity index (χ0n) is 16.0. The van der Waals surface area contributed by atoms with Crippen LogP contribution < -0.4 is 4.74 Å². The van der Waals surface area contributed by atoms with Gasteiger partial charge in [-0.2, -0.15) is 5.10 Å². The Hall–Kier alpha value is -3.61. The SMILES string of the molecule is Cc1oc(-c2ccccc2)nc1CCOc1ccc2c(cnn2CCC(=O)O)c1. The number of carbonyl (C=O) groups is 1. The lowest BCUT2D eigenvalue weighted by Gasteiger charge is -2.06. The molecule has 0 bridgehead atoms. The van der Waals surface area contributed by atoms with E-state index in [0.717, 1.165) is 33.7 Å². The van der Waals surface area contributed by atoms with Crippen LogP contribution in [-0.4, -0.2) is 32.4 Å². The summed E-state index contributed by atoms with van der Waals surface area (Å²) in [7, 11) is 0. The Kier molecular flexibility index (Phi) is 5.29. The minimum Gasteiger partial charge on any atom is -0.493 e. The zero-order valence-corrected chi connectivity index (χ0v) is 16.0. The summed E-state index contributed by atoms with van der Waals surface area (Å²) in [5.41, 5.74) is 2.72. The molecule has 4 aromatic rings. The van der Waals surface area contributed by atoms with Crippen molar-refractivity contribution in [2.75, 3.05) is 6.61 Å². The molecule has 0 saturated heterocycles. The van der Waals surface area contributed by atoms with E-state index in [1.807, 2.05) is 55.5 Å². The van der Waals surface area contributed by atoms with Crippen LogP contribution in [0.2, 0.25) is 0 Å². The highest BCUT2D eigenvalue weighted by Crippen LogP contribution is 2.23. The highest BCUT2D eigenvalue weighted by Gasteiger charge is 2.12. The van der Waals surface area contributed by atoms with Crippen LogP contribution in [0.3, 0.4) is 0 Å². The molecule has 0 amide bonds. The zero-order chi connectivity index (χ0) is 20.2. The van der Waals surface area contributed by atoms with Crippen molar-refractivity contribution in [3.05, 3.63) is 66.2 Å². The van der Waals surface area contributed by atoms with Gasteiger partial charge in [-0.05, 0) is 37.3 Å². The summed E-state index contributed by atoms with van der Waals surface area (Å²) in [6.45, 7) is 2.72. The molecule has 0 fully saturated rings. The third-order valence-electron chi connectivity index (χ3n) is 4.67. The average molecular weight is 391 g/mol. The fourth-order valence-electron chi connectivity index (χ4n) is 3.16. The van der Waals surface area contributed by atoms with Gasteiger partial charge in [-0.3, -0.25) is 9.48 Å². The Morgan fingerprint density at radius 3 is 2.83 bits per heavy atom. The fraction of sp³-hybridized carbons (Fsp3) is 0.227. The molecule has 2 aromatic carbocycles. The molecule has 0 atom stereocenters. The largest absolute Gasteiger partial charge is 0.493 e. The van der Waals surface area contributed by atoms with E-state index in [4.69, 9.17) is 14.3 Å². The number of aryl methyl sites for hydroxylation is 2. The molecule has 2 heterocycles. The first-order valence-corrected chi connectivity index (χ1v) is 9.42. The van der Waals surface area contributed by atoms with Crippen LogP contribution in [0, 0.1) is 6.92 Å². The Balaban J connectivity index is 1.39. The van der Waals surface area contributed by atoms with E-state index < -0.39 is 5.97 Å². The molecule has 7 heteroatoms. The second-order valence-electron chi connectivity index (χ2n) is 6.72. The molecular formula is C22H21N3O4. The lowest BCUT2D eigenvalue weighted by Crippen LogP contribution is -2.05. The molecule has 4 rings (SSSR count). The molecule has 0 aliphatic rings. The van der Waals surface area contributed by atoms with Gasteiger partial charge in [0.25, 0.3) is 0 Å². The molecular weight excluding hydrogens is 370 g/mol. The number of rotatable bonds is 8. The summed E-state index contributed by atoms with van der Waals surface area (Å²) in [6.07, 6.45) is 2.40. The lowest BCUT2D eigenvalue weighted by molar-refractivity contribution is -0.137. The summed E-state index contributed by atoms with van der Waals surface area (Å²) in [6, 6.07) is 15.5. The van der Waals surface area contributed by atoms with E-state index in [1.165, 1.54) is 0 Å². The van der Waals surface area contributed by atoms with Crippen molar-refractivity contribution in [3.8, 4) is 17.2 Å². The number of hydrogen-bond acceptors (Lipinski definition) is 5. The summed E-state index contributed by atoms with van der Waals surface area (Å²) >= 11 is 0. The van der Waals surface area contributed by atoms with Crippen molar-refractivity contribution in [3.63, 3.8) is 0 Å². The first-order chi connectivity index (χ1) is 14.1. The first kappa shape index (κ1) is 18.7. The van der Waals surface area contributed by atoms with Gasteiger partial charge < -0.3 is 14.3 Å². The van der Waals surface area contributed by atoms with Crippen molar-refractivity contribution < 1.29 is 19.1 Å². The third-order valence-corrected chi connectivity index (χ3v) is 4.67. The summed E-state index contributed by atoms with van der Waals surface area (Å²) in [5, 5.41) is 14.0. The lowest BCUT2D eigenvalue weighted by atomic mass is 10.2. The van der Waals surface area contributed by atoms with Crippen molar-refractivity contribution in [1.82, 2.24) is 14.8 Å². The minimum absolute atomic E-state index is 0.0387. The summed E-state index contributed by atoms with van der Waals surface area (Å²) < 4.78 is 13.4. The second kappa shape index (κ2) is 8.18. The molecule has 148 valence electrons. The number of benzene rings is 2. The molecule has 1 N–H and O–H groups in total. The quantitative estimate of drug-likeness (QED) is 0.486. The van der Waals surface area contributed by atoms with E-state index >= 15 is 0 Å². The van der Waals surface area contributed by atoms with Crippen LogP contribution in [0.4, 0.5) is 0 Å². The van der Waals surface area contributed by atoms with Crippen LogP contribution in [0.1, 0.15) is 17.9 Å². The van der Waals surface area contributed by atoms with Gasteiger partial charge in [-0.1, -0.05) is 18.2 Å². The van der Waals surface area contributed by atoms with Gasteiger partial charge in [0.05, 0.1) is 37.0 Å². The van der Waals surface area contributed by atoms with E-state index in [9.17, 15) is 4.79 Å². The maximum Gasteiger partial charge on any atom is 0.305 e. The van der Waals surface area contributed by atoms with Crippen molar-refractivity contribution in [2.45, 2.75) is 26.3 Å². The number of fused-ring (bicyclic) bond motifs is 1. The van der Waals surface area contributed by atoms with Gasteiger partial charge in [-0.15, -0.1) is 0 Å². The highest BCUT2D eigenvalue weighted by molar-refractivity contribution is 5.80. The number of oxazole rings is 1. The molecule has 0 spiro atoms. The number of aliphatic carboxylic acids is 1. The smallest absolute Gasteiger partial charge is 0.305 e. The predicted molar refractivity (Wildman–Crippen MR) is 108 cm³/mol. The molecule has 7 nitrogen and oxygen atoms in total. The van der Waals surface area contributed by atoms with Crippen LogP contribution in [0.5, 0.6) is 5.75 Å². The molecule has 29 heavy (non-hydrogen) atoms. The Labute approximate surface area is 167 Å². The van der Waals surface area contributed by atoms with Crippen molar-refractivity contribution in [2.24, 2.45) is 0 Å². The summed E-state index contributed by atoms with van der Waals surface area (Å²) in [4.78, 5) is 15.3. The number of aromatic nitrogens is 3. The molecule has 0 saturated carbocycles. The van der Waals surface area contributed by atoms with Crippen LogP contribution >= 0.6 is 0 Å². The predicted octanol–water partition coefficient (Wildman–Crippen LogP) is 4.10. The number of carboxylic acid groups (broad SMARTS) is 1. The molecule has 0 radical (unpaired) electrons. The topological polar surface area (TPSA) is 90.4 Å². The second-order valence-corrected chi connectivity index (χ2v) is 6.72. The standard InChI is InChI=1S/C22H21N3O4/c1-15-19(24-22(29-15)16-5-3-2-4-6-16)10-12-28-18-7-8-20-17(13-18)14-23-25(20)11-9-21(26)27/h2-8,13-14H,9-12H2,1H3,(H,26,27). The first-order valence-electron chi connectivity index (χ1n) is 9.42.